The van der Waals surface area contributed by atoms with Gasteiger partial charge in [0, 0.05) is 6.42 Å². The Morgan fingerprint density at radius 2 is 2.00 bits per heavy atom. The maximum atomic E-state index is 10.9. The molecule has 0 aromatic heterocycles. The molecule has 0 saturated carbocycles. The fraction of sp³-hybridized carbons (Fsp3) is 0.923. The summed E-state index contributed by atoms with van der Waals surface area (Å²) in [6, 6.07) is 0. The maximum Gasteiger partial charge on any atom is 0.305 e. The van der Waals surface area contributed by atoms with Crippen LogP contribution in [0.1, 0.15) is 44.9 Å². The van der Waals surface area contributed by atoms with Gasteiger partial charge in [-0.15, -0.1) is 0 Å². The fourth-order valence-corrected chi connectivity index (χ4v) is 1.97. The molecule has 0 spiro atoms. The third kappa shape index (κ3) is 6.33. The van der Waals surface area contributed by atoms with Crippen molar-refractivity contribution in [3.8, 4) is 0 Å². The second-order valence-corrected chi connectivity index (χ2v) is 4.59. The van der Waals surface area contributed by atoms with Gasteiger partial charge in [0.1, 0.15) is 6.10 Å². The molecule has 0 radical (unpaired) electrons. The molecule has 5 heteroatoms. The van der Waals surface area contributed by atoms with Gasteiger partial charge in [0.2, 0.25) is 0 Å². The average molecular weight is 260 g/mol. The summed E-state index contributed by atoms with van der Waals surface area (Å²) in [5, 5.41) is 8.87. The lowest BCUT2D eigenvalue weighted by Gasteiger charge is -2.09. The van der Waals surface area contributed by atoms with Crippen molar-refractivity contribution in [1.82, 2.24) is 0 Å². The molecule has 1 fully saturated rings. The lowest BCUT2D eigenvalue weighted by atomic mass is 10.1. The van der Waals surface area contributed by atoms with Gasteiger partial charge in [0.15, 0.2) is 6.29 Å². The van der Waals surface area contributed by atoms with Crippen LogP contribution in [-0.4, -0.2) is 43.8 Å². The first-order valence-electron chi connectivity index (χ1n) is 6.71. The number of unbranched alkanes of at least 4 members (excludes halogenated alkanes) is 4. The van der Waals surface area contributed by atoms with Crippen LogP contribution in [0.2, 0.25) is 0 Å². The van der Waals surface area contributed by atoms with Crippen molar-refractivity contribution < 1.29 is 24.1 Å². The van der Waals surface area contributed by atoms with Crippen molar-refractivity contribution in [3.63, 3.8) is 0 Å². The van der Waals surface area contributed by atoms with E-state index >= 15 is 0 Å². The van der Waals surface area contributed by atoms with Crippen LogP contribution in [0.15, 0.2) is 0 Å². The van der Waals surface area contributed by atoms with E-state index in [9.17, 15) is 4.79 Å². The molecule has 1 rings (SSSR count). The van der Waals surface area contributed by atoms with Gasteiger partial charge in [-0.3, -0.25) is 4.79 Å². The van der Waals surface area contributed by atoms with E-state index in [4.69, 9.17) is 14.6 Å². The topological polar surface area (TPSA) is 65.0 Å². The number of hydrogen-bond donors (Lipinski definition) is 1. The Morgan fingerprint density at radius 1 is 1.28 bits per heavy atom. The molecule has 1 heterocycles. The number of ether oxygens (including phenoxy) is 3. The Morgan fingerprint density at radius 3 is 2.67 bits per heavy atom. The predicted octanol–water partition coefficient (Wildman–Crippen LogP) is 1.62. The Kier molecular flexibility index (Phi) is 7.96. The zero-order valence-electron chi connectivity index (χ0n) is 11.1. The zero-order chi connectivity index (χ0) is 13.2. The first-order valence-corrected chi connectivity index (χ1v) is 6.71. The van der Waals surface area contributed by atoms with Crippen molar-refractivity contribution in [2.75, 3.05) is 20.3 Å². The minimum Gasteiger partial charge on any atom is -0.469 e. The van der Waals surface area contributed by atoms with Crippen LogP contribution in [0.4, 0.5) is 0 Å². The van der Waals surface area contributed by atoms with Crippen LogP contribution in [0.3, 0.4) is 0 Å². The second-order valence-electron chi connectivity index (χ2n) is 4.59. The lowest BCUT2D eigenvalue weighted by Crippen LogP contribution is -2.16. The summed E-state index contributed by atoms with van der Waals surface area (Å²) in [5.41, 5.74) is 0. The van der Waals surface area contributed by atoms with E-state index in [1.807, 2.05) is 0 Å². The van der Waals surface area contributed by atoms with Crippen LogP contribution in [-0.2, 0) is 19.0 Å². The van der Waals surface area contributed by atoms with Crippen LogP contribution in [0, 0.1) is 0 Å². The molecule has 0 amide bonds. The molecule has 2 atom stereocenters. The quantitative estimate of drug-likeness (QED) is 0.504. The minimum absolute atomic E-state index is 0.0318. The summed E-state index contributed by atoms with van der Waals surface area (Å²) in [7, 11) is 1.42. The molecule has 106 valence electrons. The van der Waals surface area contributed by atoms with E-state index in [0.29, 0.717) is 13.0 Å². The van der Waals surface area contributed by atoms with Crippen molar-refractivity contribution >= 4 is 5.97 Å². The van der Waals surface area contributed by atoms with Gasteiger partial charge in [0.05, 0.1) is 20.3 Å². The Hall–Kier alpha value is -0.650. The molecule has 5 nitrogen and oxygen atoms in total. The fourth-order valence-electron chi connectivity index (χ4n) is 1.97. The van der Waals surface area contributed by atoms with Crippen LogP contribution in [0.25, 0.3) is 0 Å². The summed E-state index contributed by atoms with van der Waals surface area (Å²) in [6.07, 6.45) is 6.36. The first kappa shape index (κ1) is 15.4. The Bertz CT molecular complexity index is 231. The summed E-state index contributed by atoms with van der Waals surface area (Å²) >= 11 is 0. The maximum absolute atomic E-state index is 10.9. The molecular formula is C13H24O5. The minimum atomic E-state index is -0.143. The van der Waals surface area contributed by atoms with Gasteiger partial charge in [-0.25, -0.2) is 0 Å². The molecule has 1 saturated heterocycles. The second kappa shape index (κ2) is 9.30. The summed E-state index contributed by atoms with van der Waals surface area (Å²) in [4.78, 5) is 10.9. The van der Waals surface area contributed by atoms with E-state index in [0.717, 1.165) is 38.5 Å². The van der Waals surface area contributed by atoms with Crippen molar-refractivity contribution in [1.29, 1.82) is 0 Å². The normalized spacial score (nSPS) is 23.2. The molecule has 1 aliphatic heterocycles. The monoisotopic (exact) mass is 260 g/mol. The number of esters is 1. The highest BCUT2D eigenvalue weighted by atomic mass is 16.7. The molecule has 0 aromatic carbocycles. The van der Waals surface area contributed by atoms with E-state index in [2.05, 4.69) is 4.74 Å². The predicted molar refractivity (Wildman–Crippen MR) is 66.0 cm³/mol. The molecule has 0 bridgehead atoms. The third-order valence-electron chi connectivity index (χ3n) is 3.06. The van der Waals surface area contributed by atoms with E-state index in [1.165, 1.54) is 7.11 Å². The zero-order valence-corrected chi connectivity index (χ0v) is 11.1. The van der Waals surface area contributed by atoms with Gasteiger partial charge in [-0.1, -0.05) is 19.3 Å². The molecule has 18 heavy (non-hydrogen) atoms. The van der Waals surface area contributed by atoms with Gasteiger partial charge in [0.25, 0.3) is 0 Å². The molecular weight excluding hydrogens is 236 g/mol. The molecule has 1 aliphatic rings. The summed E-state index contributed by atoms with van der Waals surface area (Å²) in [6.45, 7) is 0.532. The van der Waals surface area contributed by atoms with Crippen molar-refractivity contribution in [2.24, 2.45) is 0 Å². The van der Waals surface area contributed by atoms with Crippen molar-refractivity contribution in [3.05, 3.63) is 0 Å². The molecule has 1 N–H and O–H groups in total. The van der Waals surface area contributed by atoms with Gasteiger partial charge < -0.3 is 19.3 Å². The summed E-state index contributed by atoms with van der Waals surface area (Å²) in [5.74, 6) is -0.127. The highest BCUT2D eigenvalue weighted by Gasteiger charge is 2.24. The highest BCUT2D eigenvalue weighted by Crippen LogP contribution is 2.17. The number of aliphatic hydroxyl groups excluding tert-OH is 1. The van der Waals surface area contributed by atoms with Gasteiger partial charge in [-0.2, -0.15) is 0 Å². The third-order valence-corrected chi connectivity index (χ3v) is 3.06. The first-order chi connectivity index (χ1) is 8.76. The van der Waals surface area contributed by atoms with Crippen LogP contribution < -0.4 is 0 Å². The smallest absolute Gasteiger partial charge is 0.305 e. The van der Waals surface area contributed by atoms with Crippen LogP contribution >= 0.6 is 0 Å². The number of hydrogen-bond acceptors (Lipinski definition) is 5. The van der Waals surface area contributed by atoms with Crippen molar-refractivity contribution in [2.45, 2.75) is 57.3 Å². The van der Waals surface area contributed by atoms with E-state index in [-0.39, 0.29) is 25.0 Å². The Labute approximate surface area is 108 Å². The lowest BCUT2D eigenvalue weighted by molar-refractivity contribution is -0.140. The summed E-state index contributed by atoms with van der Waals surface area (Å²) < 4.78 is 15.4. The number of rotatable bonds is 9. The number of carbonyl (C=O) groups is 1. The average Bonchev–Trinajstić information content (AvgIpc) is 2.85. The van der Waals surface area contributed by atoms with E-state index < -0.39 is 0 Å². The number of methoxy groups -OCH3 is 1. The van der Waals surface area contributed by atoms with Gasteiger partial charge in [-0.05, 0) is 19.3 Å². The van der Waals surface area contributed by atoms with E-state index in [1.54, 1.807) is 0 Å². The standard InChI is InChI=1S/C13H24O5/c1-16-12(15)7-5-3-2-4-6-8-13-17-10-11(9-14)18-13/h11,13-14H,2-10H2,1H3/t11-,13+/m1/s1. The SMILES string of the molecule is COC(=O)CCCCCCC[C@H]1OC[C@@H](CO)O1. The number of aliphatic hydroxyl groups is 1. The molecule has 0 aromatic rings. The molecule has 0 unspecified atom stereocenters. The highest BCUT2D eigenvalue weighted by molar-refractivity contribution is 5.68. The van der Waals surface area contributed by atoms with Gasteiger partial charge >= 0.3 is 5.97 Å². The largest absolute Gasteiger partial charge is 0.469 e. The number of carbonyl (C=O) groups excluding carboxylic acids is 1. The Balaban J connectivity index is 1.86. The van der Waals surface area contributed by atoms with Crippen LogP contribution in [0.5, 0.6) is 0 Å². The molecule has 0 aliphatic carbocycles.